The zero-order valence-corrected chi connectivity index (χ0v) is 7.03. The fraction of sp³-hybridized carbons (Fsp3) is 0.500. The first-order valence-corrected chi connectivity index (χ1v) is 3.64. The third kappa shape index (κ3) is 3.02. The fourth-order valence-corrected chi connectivity index (χ4v) is 0.805. The maximum absolute atomic E-state index is 12.4. The van der Waals surface area contributed by atoms with Gasteiger partial charge in [0, 0.05) is 5.92 Å². The lowest BCUT2D eigenvalue weighted by Crippen LogP contribution is -2.07. The van der Waals surface area contributed by atoms with E-state index in [4.69, 9.17) is 11.6 Å². The van der Waals surface area contributed by atoms with E-state index < -0.39 is 0 Å². The first-order valence-electron chi connectivity index (χ1n) is 3.20. The van der Waals surface area contributed by atoms with Gasteiger partial charge in [0.05, 0.1) is 11.2 Å². The molecule has 0 nitrogen and oxygen atoms in total. The van der Waals surface area contributed by atoms with Crippen LogP contribution in [0.15, 0.2) is 24.6 Å². The van der Waals surface area contributed by atoms with Gasteiger partial charge < -0.3 is 0 Å². The van der Waals surface area contributed by atoms with Crippen molar-refractivity contribution in [1.82, 2.24) is 0 Å². The van der Waals surface area contributed by atoms with Gasteiger partial charge in [0.15, 0.2) is 0 Å². The Morgan fingerprint density at radius 3 is 2.50 bits per heavy atom. The molecule has 0 aromatic carbocycles. The standard InChI is InChI=1S/C8H12ClF/c1-4-5-8(9)6(2)7(3)10/h4-6,8H,3H2,1-2H3/b5-4-. The lowest BCUT2D eigenvalue weighted by atomic mass is 10.1. The molecule has 0 spiro atoms. The number of halogens is 2. The first-order chi connectivity index (χ1) is 4.59. The van der Waals surface area contributed by atoms with Crippen LogP contribution in [0.2, 0.25) is 0 Å². The Hall–Kier alpha value is -0.300. The summed E-state index contributed by atoms with van der Waals surface area (Å²) in [5, 5.41) is -0.275. The minimum Gasteiger partial charge on any atom is -0.212 e. The number of hydrogen-bond acceptors (Lipinski definition) is 0. The van der Waals surface area contributed by atoms with Gasteiger partial charge in [-0.3, -0.25) is 0 Å². The maximum Gasteiger partial charge on any atom is 0.0974 e. The summed E-state index contributed by atoms with van der Waals surface area (Å²) in [4.78, 5) is 0. The molecule has 0 aliphatic carbocycles. The van der Waals surface area contributed by atoms with Crippen LogP contribution in [-0.4, -0.2) is 5.38 Å². The second-order valence-electron chi connectivity index (χ2n) is 2.21. The molecular formula is C8H12ClF. The van der Waals surface area contributed by atoms with Crippen LogP contribution in [0, 0.1) is 5.92 Å². The molecule has 0 aliphatic rings. The summed E-state index contributed by atoms with van der Waals surface area (Å²) in [7, 11) is 0. The van der Waals surface area contributed by atoms with Gasteiger partial charge in [0.2, 0.25) is 0 Å². The minimum absolute atomic E-state index is 0.275. The van der Waals surface area contributed by atoms with Crippen molar-refractivity contribution >= 4 is 11.6 Å². The van der Waals surface area contributed by atoms with Gasteiger partial charge in [0.1, 0.15) is 0 Å². The summed E-state index contributed by atoms with van der Waals surface area (Å²) >= 11 is 5.74. The van der Waals surface area contributed by atoms with Crippen molar-refractivity contribution in [2.24, 2.45) is 5.92 Å². The molecule has 0 fully saturated rings. The van der Waals surface area contributed by atoms with Crippen molar-refractivity contribution in [2.75, 3.05) is 0 Å². The second-order valence-corrected chi connectivity index (χ2v) is 2.71. The fourth-order valence-electron chi connectivity index (χ4n) is 0.523. The average molecular weight is 163 g/mol. The molecule has 0 saturated carbocycles. The van der Waals surface area contributed by atoms with E-state index in [0.717, 1.165) is 0 Å². The predicted octanol–water partition coefficient (Wildman–Crippen LogP) is 3.29. The molecule has 0 radical (unpaired) electrons. The number of rotatable bonds is 3. The van der Waals surface area contributed by atoms with E-state index in [1.807, 2.05) is 6.92 Å². The third-order valence-corrected chi connectivity index (χ3v) is 1.87. The van der Waals surface area contributed by atoms with Crippen LogP contribution < -0.4 is 0 Å². The molecule has 0 heterocycles. The second kappa shape index (κ2) is 4.51. The molecule has 0 aromatic heterocycles. The van der Waals surface area contributed by atoms with Crippen LogP contribution in [0.25, 0.3) is 0 Å². The van der Waals surface area contributed by atoms with Gasteiger partial charge in [-0.1, -0.05) is 25.7 Å². The van der Waals surface area contributed by atoms with Crippen LogP contribution in [0.1, 0.15) is 13.8 Å². The average Bonchev–Trinajstić information content (AvgIpc) is 1.87. The SMILES string of the molecule is C=C(F)C(C)C(Cl)/C=C\C. The van der Waals surface area contributed by atoms with Gasteiger partial charge in [-0.05, 0) is 6.92 Å². The van der Waals surface area contributed by atoms with E-state index in [2.05, 4.69) is 6.58 Å². The zero-order chi connectivity index (χ0) is 8.15. The molecule has 2 unspecified atom stereocenters. The van der Waals surface area contributed by atoms with Gasteiger partial charge in [-0.2, -0.15) is 0 Å². The summed E-state index contributed by atoms with van der Waals surface area (Å²) in [5.41, 5.74) is 0. The highest BCUT2D eigenvalue weighted by Gasteiger charge is 2.13. The summed E-state index contributed by atoms with van der Waals surface area (Å²) < 4.78 is 12.4. The van der Waals surface area contributed by atoms with Crippen LogP contribution >= 0.6 is 11.6 Å². The van der Waals surface area contributed by atoms with E-state index in [1.165, 1.54) is 0 Å². The Bertz CT molecular complexity index is 140. The molecule has 0 rings (SSSR count). The summed E-state index contributed by atoms with van der Waals surface area (Å²) in [6, 6.07) is 0. The largest absolute Gasteiger partial charge is 0.212 e. The molecule has 0 aliphatic heterocycles. The number of allylic oxidation sites excluding steroid dienone is 3. The van der Waals surface area contributed by atoms with Crippen LogP contribution in [-0.2, 0) is 0 Å². The molecule has 0 bridgehead atoms. The van der Waals surface area contributed by atoms with E-state index in [1.54, 1.807) is 19.1 Å². The predicted molar refractivity (Wildman–Crippen MR) is 43.9 cm³/mol. The summed E-state index contributed by atoms with van der Waals surface area (Å²) in [6.07, 6.45) is 3.55. The highest BCUT2D eigenvalue weighted by atomic mass is 35.5. The van der Waals surface area contributed by atoms with Gasteiger partial charge >= 0.3 is 0 Å². The summed E-state index contributed by atoms with van der Waals surface area (Å²) in [6.45, 7) is 6.73. The molecule has 0 N–H and O–H groups in total. The quantitative estimate of drug-likeness (QED) is 0.441. The van der Waals surface area contributed by atoms with Gasteiger partial charge in [-0.25, -0.2) is 4.39 Å². The van der Waals surface area contributed by atoms with Gasteiger partial charge in [0.25, 0.3) is 0 Å². The van der Waals surface area contributed by atoms with Crippen LogP contribution in [0.3, 0.4) is 0 Å². The van der Waals surface area contributed by atoms with Crippen LogP contribution in [0.5, 0.6) is 0 Å². The normalized spacial score (nSPS) is 17.2. The van der Waals surface area contributed by atoms with Crippen molar-refractivity contribution in [1.29, 1.82) is 0 Å². The molecule has 0 saturated heterocycles. The molecule has 2 atom stereocenters. The maximum atomic E-state index is 12.4. The lowest BCUT2D eigenvalue weighted by Gasteiger charge is -2.10. The first kappa shape index (κ1) is 9.70. The van der Waals surface area contributed by atoms with Crippen molar-refractivity contribution in [3.63, 3.8) is 0 Å². The monoisotopic (exact) mass is 162 g/mol. The van der Waals surface area contributed by atoms with Crippen molar-refractivity contribution in [3.8, 4) is 0 Å². The Morgan fingerprint density at radius 1 is 1.70 bits per heavy atom. The smallest absolute Gasteiger partial charge is 0.0974 e. The Labute approximate surface area is 66.4 Å². The van der Waals surface area contributed by atoms with Crippen LogP contribution in [0.4, 0.5) is 4.39 Å². The minimum atomic E-state index is -0.363. The van der Waals surface area contributed by atoms with Gasteiger partial charge in [-0.15, -0.1) is 11.6 Å². The molecule has 2 heteroatoms. The van der Waals surface area contributed by atoms with E-state index in [9.17, 15) is 4.39 Å². The molecule has 10 heavy (non-hydrogen) atoms. The molecule has 0 amide bonds. The van der Waals surface area contributed by atoms with E-state index >= 15 is 0 Å². The lowest BCUT2D eigenvalue weighted by molar-refractivity contribution is 0.503. The topological polar surface area (TPSA) is 0 Å². The third-order valence-electron chi connectivity index (χ3n) is 1.35. The highest BCUT2D eigenvalue weighted by molar-refractivity contribution is 6.22. The molecule has 0 aromatic rings. The van der Waals surface area contributed by atoms with Crippen molar-refractivity contribution in [3.05, 3.63) is 24.6 Å². The summed E-state index contributed by atoms with van der Waals surface area (Å²) in [5.74, 6) is -0.657. The highest BCUT2D eigenvalue weighted by Crippen LogP contribution is 2.19. The van der Waals surface area contributed by atoms with E-state index in [0.29, 0.717) is 0 Å². The van der Waals surface area contributed by atoms with Crippen molar-refractivity contribution < 1.29 is 4.39 Å². The van der Waals surface area contributed by atoms with E-state index in [-0.39, 0.29) is 17.1 Å². The molecular weight excluding hydrogens is 151 g/mol. The number of alkyl halides is 1. The number of hydrogen-bond donors (Lipinski definition) is 0. The van der Waals surface area contributed by atoms with Crippen molar-refractivity contribution in [2.45, 2.75) is 19.2 Å². The molecule has 58 valence electrons. The Kier molecular flexibility index (Phi) is 4.37. The zero-order valence-electron chi connectivity index (χ0n) is 6.27. The Balaban J connectivity index is 3.93. The Morgan fingerprint density at radius 2 is 2.20 bits per heavy atom.